The van der Waals surface area contributed by atoms with Crippen LogP contribution in [0.25, 0.3) is 0 Å². The molecule has 0 bridgehead atoms. The van der Waals surface area contributed by atoms with Crippen molar-refractivity contribution in [3.8, 4) is 0 Å². The molecular weight excluding hydrogens is 242 g/mol. The van der Waals surface area contributed by atoms with E-state index in [1.807, 2.05) is 0 Å². The smallest absolute Gasteiger partial charge is 0.0614 e. The minimum absolute atomic E-state index is 0.726. The zero-order valence-corrected chi connectivity index (χ0v) is 14.3. The van der Waals surface area contributed by atoms with Crippen LogP contribution < -0.4 is 0 Å². The molecule has 1 aromatic rings. The van der Waals surface area contributed by atoms with E-state index in [9.17, 15) is 0 Å². The SMILES string of the molecule is Cc1c(C[P+](C)(C)C)cccc1C[P+](C)(C)C. The highest BCUT2D eigenvalue weighted by atomic mass is 31.2. The summed E-state index contributed by atoms with van der Waals surface area (Å²) in [4.78, 5) is 0. The molecule has 0 unspecified atom stereocenters. The lowest BCUT2D eigenvalue weighted by Crippen LogP contribution is -2.00. The van der Waals surface area contributed by atoms with E-state index in [0.717, 1.165) is 0 Å². The Morgan fingerprint density at radius 3 is 1.41 bits per heavy atom. The molecule has 0 saturated heterocycles. The van der Waals surface area contributed by atoms with Crippen LogP contribution in [0, 0.1) is 6.92 Å². The first kappa shape index (κ1) is 15.1. The van der Waals surface area contributed by atoms with Gasteiger partial charge in [0.1, 0.15) is 0 Å². The third-order valence-corrected chi connectivity index (χ3v) is 5.43. The number of rotatable bonds is 4. The van der Waals surface area contributed by atoms with Gasteiger partial charge >= 0.3 is 0 Å². The Hall–Kier alpha value is 0.0800. The van der Waals surface area contributed by atoms with Gasteiger partial charge in [-0.05, 0) is 23.6 Å². The van der Waals surface area contributed by atoms with E-state index < -0.39 is 14.5 Å². The Kier molecular flexibility index (Phi) is 4.79. The van der Waals surface area contributed by atoms with Crippen molar-refractivity contribution in [1.82, 2.24) is 0 Å². The minimum atomic E-state index is -0.726. The third-order valence-electron chi connectivity index (χ3n) is 2.85. The van der Waals surface area contributed by atoms with Gasteiger partial charge in [-0.25, -0.2) is 0 Å². The van der Waals surface area contributed by atoms with Gasteiger partial charge in [0.2, 0.25) is 0 Å². The molecule has 1 aromatic carbocycles. The standard InChI is InChI=1S/C15H28P2/c1-13-14(11-16(2,3)4)9-8-10-15(13)12-17(5,6)7/h8-10H,11-12H2,1-7H3/q+2. The second-order valence-corrected chi connectivity index (χ2v) is 16.9. The first-order valence-electron chi connectivity index (χ1n) is 6.27. The number of hydrogen-bond acceptors (Lipinski definition) is 0. The van der Waals surface area contributed by atoms with Gasteiger partial charge < -0.3 is 0 Å². The van der Waals surface area contributed by atoms with E-state index in [0.29, 0.717) is 0 Å². The first-order chi connectivity index (χ1) is 7.58. The molecule has 0 N–H and O–H groups in total. The summed E-state index contributed by atoms with van der Waals surface area (Å²) in [6.07, 6.45) is 2.57. The summed E-state index contributed by atoms with van der Waals surface area (Å²) in [6, 6.07) is 6.90. The van der Waals surface area contributed by atoms with Crippen LogP contribution in [0.15, 0.2) is 18.2 Å². The highest BCUT2D eigenvalue weighted by Crippen LogP contribution is 2.53. The predicted octanol–water partition coefficient (Wildman–Crippen LogP) is 4.81. The largest absolute Gasteiger partial charge is 0.0837 e. The summed E-state index contributed by atoms with van der Waals surface area (Å²) < 4.78 is 0. The molecule has 96 valence electrons. The summed E-state index contributed by atoms with van der Waals surface area (Å²) in [7, 11) is -1.45. The third kappa shape index (κ3) is 5.50. The predicted molar refractivity (Wildman–Crippen MR) is 88.0 cm³/mol. The molecule has 0 amide bonds. The van der Waals surface area contributed by atoms with Crippen molar-refractivity contribution < 1.29 is 0 Å². The Balaban J connectivity index is 3.00. The second-order valence-electron chi connectivity index (χ2n) is 7.10. The van der Waals surface area contributed by atoms with E-state index in [1.54, 1.807) is 16.7 Å². The van der Waals surface area contributed by atoms with Gasteiger partial charge in [-0.1, -0.05) is 18.2 Å². The van der Waals surface area contributed by atoms with Crippen LogP contribution in [-0.4, -0.2) is 40.0 Å². The van der Waals surface area contributed by atoms with E-state index in [1.165, 1.54) is 12.3 Å². The average Bonchev–Trinajstić information content (AvgIpc) is 2.07. The van der Waals surface area contributed by atoms with Crippen molar-refractivity contribution in [1.29, 1.82) is 0 Å². The van der Waals surface area contributed by atoms with E-state index in [-0.39, 0.29) is 0 Å². The van der Waals surface area contributed by atoms with Gasteiger partial charge in [-0.3, -0.25) is 0 Å². The van der Waals surface area contributed by atoms with Gasteiger partial charge in [0.25, 0.3) is 0 Å². The van der Waals surface area contributed by atoms with Crippen molar-refractivity contribution in [2.75, 3.05) is 40.0 Å². The molecular formula is C15H28P2+2. The van der Waals surface area contributed by atoms with Gasteiger partial charge in [-0.15, -0.1) is 0 Å². The van der Waals surface area contributed by atoms with Crippen LogP contribution >= 0.6 is 14.5 Å². The highest BCUT2D eigenvalue weighted by molar-refractivity contribution is 7.73. The minimum Gasteiger partial charge on any atom is -0.0614 e. The van der Waals surface area contributed by atoms with E-state index in [4.69, 9.17) is 0 Å². The summed E-state index contributed by atoms with van der Waals surface area (Å²) in [5, 5.41) is 0. The molecule has 0 saturated carbocycles. The zero-order valence-electron chi connectivity index (χ0n) is 12.5. The Morgan fingerprint density at radius 2 is 1.12 bits per heavy atom. The summed E-state index contributed by atoms with van der Waals surface area (Å²) >= 11 is 0. The molecule has 0 radical (unpaired) electrons. The van der Waals surface area contributed by atoms with Crippen LogP contribution in [0.3, 0.4) is 0 Å². The molecule has 0 heterocycles. The number of hydrogen-bond donors (Lipinski definition) is 0. The molecule has 0 aliphatic heterocycles. The monoisotopic (exact) mass is 270 g/mol. The van der Waals surface area contributed by atoms with Crippen LogP contribution in [0.4, 0.5) is 0 Å². The quantitative estimate of drug-likeness (QED) is 0.689. The molecule has 0 spiro atoms. The highest BCUT2D eigenvalue weighted by Gasteiger charge is 2.23. The summed E-state index contributed by atoms with van der Waals surface area (Å²) in [5.74, 6) is 0. The molecule has 0 atom stereocenters. The molecule has 0 aliphatic rings. The number of benzene rings is 1. The lowest BCUT2D eigenvalue weighted by Gasteiger charge is -2.18. The Bertz CT molecular complexity index is 347. The lowest BCUT2D eigenvalue weighted by atomic mass is 10.1. The normalized spacial score (nSPS) is 12.9. The maximum Gasteiger partial charge on any atom is 0.0837 e. The molecule has 1 rings (SSSR count). The summed E-state index contributed by atoms with van der Waals surface area (Å²) in [6.45, 7) is 16.9. The second kappa shape index (κ2) is 5.38. The van der Waals surface area contributed by atoms with Crippen LogP contribution in [-0.2, 0) is 12.3 Å². The van der Waals surface area contributed by atoms with Crippen LogP contribution in [0.2, 0.25) is 0 Å². The van der Waals surface area contributed by atoms with Crippen LogP contribution in [0.5, 0.6) is 0 Å². The average molecular weight is 270 g/mol. The van der Waals surface area contributed by atoms with Gasteiger partial charge in [-0.2, -0.15) is 0 Å². The van der Waals surface area contributed by atoms with Crippen LogP contribution in [0.1, 0.15) is 16.7 Å². The molecule has 17 heavy (non-hydrogen) atoms. The van der Waals surface area contributed by atoms with Crippen molar-refractivity contribution in [3.63, 3.8) is 0 Å². The molecule has 0 nitrogen and oxygen atoms in total. The summed E-state index contributed by atoms with van der Waals surface area (Å²) in [5.41, 5.74) is 4.71. The fourth-order valence-electron chi connectivity index (χ4n) is 2.10. The molecule has 0 fully saturated rings. The zero-order chi connectivity index (χ0) is 13.3. The molecule has 0 aromatic heterocycles. The maximum absolute atomic E-state index is 2.43. The fraction of sp³-hybridized carbons (Fsp3) is 0.600. The topological polar surface area (TPSA) is 0 Å². The van der Waals surface area contributed by atoms with Gasteiger partial charge in [0.05, 0.1) is 12.3 Å². The fourth-order valence-corrected chi connectivity index (χ4v) is 4.83. The lowest BCUT2D eigenvalue weighted by molar-refractivity contribution is 1.21. The van der Waals surface area contributed by atoms with Gasteiger partial charge in [0, 0.05) is 54.5 Å². The first-order valence-corrected chi connectivity index (χ1v) is 12.9. The maximum atomic E-state index is 2.43. The molecule has 2 heteroatoms. The Labute approximate surface area is 109 Å². The Morgan fingerprint density at radius 1 is 0.765 bits per heavy atom. The van der Waals surface area contributed by atoms with E-state index in [2.05, 4.69) is 65.1 Å². The van der Waals surface area contributed by atoms with Crippen molar-refractivity contribution in [3.05, 3.63) is 34.9 Å². The van der Waals surface area contributed by atoms with Crippen molar-refractivity contribution in [2.24, 2.45) is 0 Å². The van der Waals surface area contributed by atoms with Crippen molar-refractivity contribution in [2.45, 2.75) is 19.2 Å². The molecule has 0 aliphatic carbocycles. The van der Waals surface area contributed by atoms with Gasteiger partial charge in [0.15, 0.2) is 0 Å². The van der Waals surface area contributed by atoms with Crippen molar-refractivity contribution >= 4 is 14.5 Å². The van der Waals surface area contributed by atoms with E-state index >= 15 is 0 Å².